The average Bonchev–Trinajstić information content (AvgIpc) is 2.45. The summed E-state index contributed by atoms with van der Waals surface area (Å²) in [5, 5.41) is 0. The molecule has 0 unspecified atom stereocenters. The SMILES string of the molecule is CCCCCC(=O)OCCOCCOCCOCCI. The molecule has 0 heterocycles. The molecule has 20 heavy (non-hydrogen) atoms. The summed E-state index contributed by atoms with van der Waals surface area (Å²) in [5.74, 6) is -0.134. The number of rotatable bonds is 15. The van der Waals surface area contributed by atoms with Gasteiger partial charge in [-0.15, -0.1) is 0 Å². The molecule has 0 amide bonds. The van der Waals surface area contributed by atoms with Crippen molar-refractivity contribution in [1.82, 2.24) is 0 Å². The molecule has 0 aliphatic rings. The van der Waals surface area contributed by atoms with E-state index >= 15 is 0 Å². The summed E-state index contributed by atoms with van der Waals surface area (Å²) < 4.78 is 21.9. The zero-order valence-electron chi connectivity index (χ0n) is 12.4. The molecule has 0 aliphatic carbocycles. The first kappa shape index (κ1) is 20.1. The second-order valence-corrected chi connectivity index (χ2v) is 5.28. The van der Waals surface area contributed by atoms with E-state index < -0.39 is 0 Å². The van der Waals surface area contributed by atoms with E-state index in [2.05, 4.69) is 29.5 Å². The van der Waals surface area contributed by atoms with Gasteiger partial charge in [0.1, 0.15) is 6.61 Å². The summed E-state index contributed by atoms with van der Waals surface area (Å²) in [5.41, 5.74) is 0. The van der Waals surface area contributed by atoms with E-state index in [0.717, 1.165) is 30.3 Å². The van der Waals surface area contributed by atoms with Gasteiger partial charge in [0.05, 0.1) is 39.6 Å². The molecule has 0 saturated carbocycles. The number of carbonyl (C=O) groups is 1. The number of esters is 1. The molecule has 0 aromatic heterocycles. The molecule has 120 valence electrons. The van der Waals surface area contributed by atoms with Crippen LogP contribution in [0.2, 0.25) is 0 Å². The number of alkyl halides is 1. The van der Waals surface area contributed by atoms with Crippen LogP contribution < -0.4 is 0 Å². The quantitative estimate of drug-likeness (QED) is 0.182. The molecule has 0 N–H and O–H groups in total. The van der Waals surface area contributed by atoms with Gasteiger partial charge in [0, 0.05) is 10.8 Å². The summed E-state index contributed by atoms with van der Waals surface area (Å²) in [6, 6.07) is 0. The minimum atomic E-state index is -0.134. The number of hydrogen-bond donors (Lipinski definition) is 0. The average molecular weight is 402 g/mol. The fourth-order valence-electron chi connectivity index (χ4n) is 1.40. The number of unbranched alkanes of at least 4 members (excludes halogenated alkanes) is 2. The van der Waals surface area contributed by atoms with Crippen LogP contribution in [0.5, 0.6) is 0 Å². The van der Waals surface area contributed by atoms with Gasteiger partial charge in [-0.3, -0.25) is 4.79 Å². The Hall–Kier alpha value is 0.0800. The van der Waals surface area contributed by atoms with Gasteiger partial charge >= 0.3 is 5.97 Å². The zero-order chi connectivity index (χ0) is 14.9. The summed E-state index contributed by atoms with van der Waals surface area (Å²) >= 11 is 2.27. The molecule has 6 heteroatoms. The molecule has 0 saturated heterocycles. The van der Waals surface area contributed by atoms with Crippen molar-refractivity contribution in [3.8, 4) is 0 Å². The van der Waals surface area contributed by atoms with Gasteiger partial charge in [0.2, 0.25) is 0 Å². The predicted octanol–water partition coefficient (Wildman–Crippen LogP) is 2.59. The molecular weight excluding hydrogens is 375 g/mol. The maximum absolute atomic E-state index is 11.3. The minimum Gasteiger partial charge on any atom is -0.463 e. The summed E-state index contributed by atoms with van der Waals surface area (Å²) in [4.78, 5) is 11.3. The Kier molecular flexibility index (Phi) is 17.2. The molecule has 0 bridgehead atoms. The topological polar surface area (TPSA) is 54.0 Å². The lowest BCUT2D eigenvalue weighted by Gasteiger charge is -2.07. The number of ether oxygens (including phenoxy) is 4. The fourth-order valence-corrected chi connectivity index (χ4v) is 1.71. The lowest BCUT2D eigenvalue weighted by Crippen LogP contribution is -2.14. The largest absolute Gasteiger partial charge is 0.463 e. The highest BCUT2D eigenvalue weighted by atomic mass is 127. The maximum atomic E-state index is 11.3. The molecule has 0 fully saturated rings. The third-order valence-electron chi connectivity index (χ3n) is 2.44. The molecule has 0 aromatic carbocycles. The van der Waals surface area contributed by atoms with Crippen LogP contribution in [0, 0.1) is 0 Å². The Morgan fingerprint density at radius 2 is 1.40 bits per heavy atom. The van der Waals surface area contributed by atoms with Crippen molar-refractivity contribution in [2.75, 3.05) is 50.7 Å². The van der Waals surface area contributed by atoms with Gasteiger partial charge in [0.15, 0.2) is 0 Å². The normalized spacial score (nSPS) is 10.7. The van der Waals surface area contributed by atoms with Crippen LogP contribution >= 0.6 is 22.6 Å². The Morgan fingerprint density at radius 3 is 1.95 bits per heavy atom. The first-order chi connectivity index (χ1) is 9.81. The molecule has 5 nitrogen and oxygen atoms in total. The maximum Gasteiger partial charge on any atom is 0.305 e. The smallest absolute Gasteiger partial charge is 0.305 e. The van der Waals surface area contributed by atoms with E-state index in [1.165, 1.54) is 0 Å². The lowest BCUT2D eigenvalue weighted by atomic mass is 10.2. The summed E-state index contributed by atoms with van der Waals surface area (Å²) in [6.07, 6.45) is 3.60. The highest BCUT2D eigenvalue weighted by Gasteiger charge is 2.01. The van der Waals surface area contributed by atoms with E-state index in [-0.39, 0.29) is 5.97 Å². The Labute approximate surface area is 135 Å². The molecule has 0 rings (SSSR count). The second kappa shape index (κ2) is 17.1. The van der Waals surface area contributed by atoms with E-state index in [0.29, 0.717) is 46.1 Å². The van der Waals surface area contributed by atoms with Crippen molar-refractivity contribution >= 4 is 28.6 Å². The van der Waals surface area contributed by atoms with Crippen LogP contribution in [0.1, 0.15) is 32.6 Å². The first-order valence-electron chi connectivity index (χ1n) is 7.26. The van der Waals surface area contributed by atoms with Crippen molar-refractivity contribution < 1.29 is 23.7 Å². The van der Waals surface area contributed by atoms with Crippen molar-refractivity contribution in [3.05, 3.63) is 0 Å². The van der Waals surface area contributed by atoms with Crippen LogP contribution in [-0.2, 0) is 23.7 Å². The van der Waals surface area contributed by atoms with E-state index in [9.17, 15) is 4.79 Å². The Balaban J connectivity index is 3.07. The highest BCUT2D eigenvalue weighted by molar-refractivity contribution is 14.1. The van der Waals surface area contributed by atoms with Crippen molar-refractivity contribution in [2.45, 2.75) is 32.6 Å². The lowest BCUT2D eigenvalue weighted by molar-refractivity contribution is -0.145. The van der Waals surface area contributed by atoms with Crippen LogP contribution in [0.3, 0.4) is 0 Å². The van der Waals surface area contributed by atoms with Crippen LogP contribution in [0.15, 0.2) is 0 Å². The van der Waals surface area contributed by atoms with E-state index in [1.54, 1.807) is 0 Å². The standard InChI is InChI=1S/C14H27IO5/c1-2-3-4-5-14(16)20-13-12-19-11-10-18-9-8-17-7-6-15/h2-13H2,1H3. The van der Waals surface area contributed by atoms with Gasteiger partial charge in [-0.05, 0) is 6.42 Å². The Bertz CT molecular complexity index is 214. The number of carbonyl (C=O) groups excluding carboxylic acids is 1. The van der Waals surface area contributed by atoms with Gasteiger partial charge in [-0.1, -0.05) is 42.4 Å². The first-order valence-corrected chi connectivity index (χ1v) is 8.78. The zero-order valence-corrected chi connectivity index (χ0v) is 14.6. The van der Waals surface area contributed by atoms with E-state index in [4.69, 9.17) is 18.9 Å². The third kappa shape index (κ3) is 16.1. The Morgan fingerprint density at radius 1 is 0.850 bits per heavy atom. The third-order valence-corrected chi connectivity index (χ3v) is 2.88. The monoisotopic (exact) mass is 402 g/mol. The van der Waals surface area contributed by atoms with Gasteiger partial charge < -0.3 is 18.9 Å². The van der Waals surface area contributed by atoms with Crippen molar-refractivity contribution in [2.24, 2.45) is 0 Å². The van der Waals surface area contributed by atoms with Crippen LogP contribution in [0.4, 0.5) is 0 Å². The predicted molar refractivity (Wildman–Crippen MR) is 86.4 cm³/mol. The fraction of sp³-hybridized carbons (Fsp3) is 0.929. The molecule has 0 spiro atoms. The number of hydrogen-bond acceptors (Lipinski definition) is 5. The molecule has 0 radical (unpaired) electrons. The van der Waals surface area contributed by atoms with Crippen LogP contribution in [-0.4, -0.2) is 56.6 Å². The molecule has 0 aromatic rings. The molecule has 0 atom stereocenters. The second-order valence-electron chi connectivity index (χ2n) is 4.20. The summed E-state index contributed by atoms with van der Waals surface area (Å²) in [7, 11) is 0. The van der Waals surface area contributed by atoms with Gasteiger partial charge in [-0.25, -0.2) is 0 Å². The highest BCUT2D eigenvalue weighted by Crippen LogP contribution is 2.00. The van der Waals surface area contributed by atoms with Crippen LogP contribution in [0.25, 0.3) is 0 Å². The van der Waals surface area contributed by atoms with Gasteiger partial charge in [0.25, 0.3) is 0 Å². The number of halogens is 1. The van der Waals surface area contributed by atoms with E-state index in [1.807, 2.05) is 0 Å². The van der Waals surface area contributed by atoms with Gasteiger partial charge in [-0.2, -0.15) is 0 Å². The van der Waals surface area contributed by atoms with Crippen molar-refractivity contribution in [3.63, 3.8) is 0 Å². The van der Waals surface area contributed by atoms with Crippen molar-refractivity contribution in [1.29, 1.82) is 0 Å². The minimum absolute atomic E-state index is 0.134. The molecular formula is C14H27IO5. The molecule has 0 aliphatic heterocycles. The summed E-state index contributed by atoms with van der Waals surface area (Å²) in [6.45, 7) is 5.89.